The molecule has 0 aromatic rings. The fourth-order valence-electron chi connectivity index (χ4n) is 0.674. The lowest BCUT2D eigenvalue weighted by Crippen LogP contribution is -2.47. The molecule has 0 aliphatic rings. The number of nitrogens with one attached hydrogen (secondary N) is 1. The summed E-state index contributed by atoms with van der Waals surface area (Å²) in [6, 6.07) is -0.926. The van der Waals surface area contributed by atoms with Crippen LogP contribution in [-0.4, -0.2) is 43.4 Å². The summed E-state index contributed by atoms with van der Waals surface area (Å²) in [6.07, 6.45) is 0. The van der Waals surface area contributed by atoms with E-state index in [9.17, 15) is 4.79 Å². The van der Waals surface area contributed by atoms with Crippen LogP contribution in [0.2, 0.25) is 0 Å². The molecule has 0 saturated carbocycles. The lowest BCUT2D eigenvalue weighted by atomic mass is 10.3. The van der Waals surface area contributed by atoms with Crippen LogP contribution in [0.15, 0.2) is 0 Å². The SMILES string of the molecule is COCC(CO)NC(=O)C(C)N. The summed E-state index contributed by atoms with van der Waals surface area (Å²) in [4.78, 5) is 11.0. The number of rotatable bonds is 5. The van der Waals surface area contributed by atoms with Gasteiger partial charge in [-0.2, -0.15) is 0 Å². The molecule has 4 N–H and O–H groups in total. The highest BCUT2D eigenvalue weighted by atomic mass is 16.5. The van der Waals surface area contributed by atoms with Crippen molar-refractivity contribution in [3.63, 3.8) is 0 Å². The van der Waals surface area contributed by atoms with Crippen LogP contribution in [0.4, 0.5) is 0 Å². The number of hydrogen-bond donors (Lipinski definition) is 3. The maximum Gasteiger partial charge on any atom is 0.237 e. The molecule has 12 heavy (non-hydrogen) atoms. The van der Waals surface area contributed by atoms with Crippen molar-refractivity contribution in [1.82, 2.24) is 5.32 Å². The number of carbonyl (C=O) groups is 1. The predicted octanol–water partition coefficient (Wildman–Crippen LogP) is -1.54. The average molecular weight is 176 g/mol. The van der Waals surface area contributed by atoms with E-state index in [0.717, 1.165) is 0 Å². The van der Waals surface area contributed by atoms with Crippen LogP contribution < -0.4 is 11.1 Å². The predicted molar refractivity (Wildman–Crippen MR) is 44.5 cm³/mol. The summed E-state index contributed by atoms with van der Waals surface area (Å²) >= 11 is 0. The van der Waals surface area contributed by atoms with Crippen molar-refractivity contribution >= 4 is 5.91 Å². The van der Waals surface area contributed by atoms with Gasteiger partial charge in [0.05, 0.1) is 25.3 Å². The number of carbonyl (C=O) groups excluding carboxylic acids is 1. The third-order valence-corrected chi connectivity index (χ3v) is 1.35. The Balaban J connectivity index is 3.77. The molecule has 5 nitrogen and oxygen atoms in total. The van der Waals surface area contributed by atoms with Crippen LogP contribution in [0.25, 0.3) is 0 Å². The monoisotopic (exact) mass is 176 g/mol. The Kier molecular flexibility index (Phi) is 5.61. The van der Waals surface area contributed by atoms with Crippen LogP contribution >= 0.6 is 0 Å². The summed E-state index contributed by atoms with van der Waals surface area (Å²) in [5.74, 6) is -0.286. The van der Waals surface area contributed by atoms with E-state index in [4.69, 9.17) is 15.6 Å². The van der Waals surface area contributed by atoms with Crippen molar-refractivity contribution in [2.45, 2.75) is 19.0 Å². The van der Waals surface area contributed by atoms with Crippen LogP contribution in [0.1, 0.15) is 6.92 Å². The van der Waals surface area contributed by atoms with Crippen molar-refractivity contribution in [1.29, 1.82) is 0 Å². The zero-order chi connectivity index (χ0) is 9.56. The Morgan fingerprint density at radius 2 is 2.33 bits per heavy atom. The highest BCUT2D eigenvalue weighted by Crippen LogP contribution is 1.85. The van der Waals surface area contributed by atoms with E-state index in [2.05, 4.69) is 5.32 Å². The van der Waals surface area contributed by atoms with Gasteiger partial charge in [0.1, 0.15) is 0 Å². The maximum atomic E-state index is 11.0. The Labute approximate surface area is 71.9 Å². The first-order chi connectivity index (χ1) is 5.61. The Morgan fingerprint density at radius 3 is 2.67 bits per heavy atom. The molecule has 0 rings (SSSR count). The third-order valence-electron chi connectivity index (χ3n) is 1.35. The largest absolute Gasteiger partial charge is 0.394 e. The smallest absolute Gasteiger partial charge is 0.237 e. The highest BCUT2D eigenvalue weighted by molar-refractivity contribution is 5.81. The quantitative estimate of drug-likeness (QED) is 0.474. The second-order valence-corrected chi connectivity index (χ2v) is 2.63. The summed E-state index contributed by atoms with van der Waals surface area (Å²) in [7, 11) is 1.50. The van der Waals surface area contributed by atoms with Crippen LogP contribution in [0.5, 0.6) is 0 Å². The molecular weight excluding hydrogens is 160 g/mol. The van der Waals surface area contributed by atoms with E-state index in [0.29, 0.717) is 0 Å². The summed E-state index contributed by atoms with van der Waals surface area (Å²) in [5, 5.41) is 11.3. The minimum absolute atomic E-state index is 0.147. The number of aliphatic hydroxyl groups is 1. The maximum absolute atomic E-state index is 11.0. The topological polar surface area (TPSA) is 84.6 Å². The molecule has 72 valence electrons. The second-order valence-electron chi connectivity index (χ2n) is 2.63. The molecule has 0 heterocycles. The van der Waals surface area contributed by atoms with Gasteiger partial charge < -0.3 is 20.9 Å². The van der Waals surface area contributed by atoms with Crippen molar-refractivity contribution in [2.24, 2.45) is 5.73 Å². The van der Waals surface area contributed by atoms with Crippen molar-refractivity contribution in [2.75, 3.05) is 20.3 Å². The Hall–Kier alpha value is -0.650. The number of aliphatic hydroxyl groups excluding tert-OH is 1. The van der Waals surface area contributed by atoms with Gasteiger partial charge in [-0.15, -0.1) is 0 Å². The van der Waals surface area contributed by atoms with Crippen molar-refractivity contribution in [3.8, 4) is 0 Å². The summed E-state index contributed by atoms with van der Waals surface area (Å²) < 4.78 is 4.76. The lowest BCUT2D eigenvalue weighted by molar-refractivity contribution is -0.123. The van der Waals surface area contributed by atoms with Crippen LogP contribution in [0.3, 0.4) is 0 Å². The van der Waals surface area contributed by atoms with E-state index in [-0.39, 0.29) is 25.2 Å². The fraction of sp³-hybridized carbons (Fsp3) is 0.857. The van der Waals surface area contributed by atoms with E-state index < -0.39 is 6.04 Å². The number of amides is 1. The van der Waals surface area contributed by atoms with Crippen LogP contribution in [-0.2, 0) is 9.53 Å². The molecule has 5 heteroatoms. The Morgan fingerprint density at radius 1 is 1.75 bits per heavy atom. The summed E-state index contributed by atoms with van der Waals surface area (Å²) in [5.41, 5.74) is 5.30. The molecule has 2 atom stereocenters. The van der Waals surface area contributed by atoms with Gasteiger partial charge in [0, 0.05) is 7.11 Å². The van der Waals surface area contributed by atoms with Gasteiger partial charge in [-0.1, -0.05) is 0 Å². The first-order valence-electron chi connectivity index (χ1n) is 3.77. The number of hydrogen-bond acceptors (Lipinski definition) is 4. The molecule has 0 bridgehead atoms. The van der Waals surface area contributed by atoms with E-state index in [1.54, 1.807) is 6.92 Å². The van der Waals surface area contributed by atoms with Gasteiger partial charge in [0.2, 0.25) is 5.91 Å². The molecule has 2 unspecified atom stereocenters. The van der Waals surface area contributed by atoms with Crippen LogP contribution in [0, 0.1) is 0 Å². The van der Waals surface area contributed by atoms with E-state index in [1.165, 1.54) is 7.11 Å². The third kappa shape index (κ3) is 4.27. The highest BCUT2D eigenvalue weighted by Gasteiger charge is 2.13. The molecule has 0 aromatic heterocycles. The average Bonchev–Trinajstić information content (AvgIpc) is 2.03. The molecule has 0 radical (unpaired) electrons. The minimum atomic E-state index is -0.559. The summed E-state index contributed by atoms with van der Waals surface area (Å²) in [6.45, 7) is 1.72. The van der Waals surface area contributed by atoms with Gasteiger partial charge in [0.15, 0.2) is 0 Å². The molecule has 0 aromatic carbocycles. The van der Waals surface area contributed by atoms with Gasteiger partial charge in [-0.05, 0) is 6.92 Å². The molecule has 0 aliphatic carbocycles. The molecule has 0 saturated heterocycles. The van der Waals surface area contributed by atoms with Gasteiger partial charge in [0.25, 0.3) is 0 Å². The molecule has 1 amide bonds. The van der Waals surface area contributed by atoms with E-state index >= 15 is 0 Å². The zero-order valence-electron chi connectivity index (χ0n) is 7.41. The fourth-order valence-corrected chi connectivity index (χ4v) is 0.674. The van der Waals surface area contributed by atoms with Crippen molar-refractivity contribution in [3.05, 3.63) is 0 Å². The molecule has 0 fully saturated rings. The lowest BCUT2D eigenvalue weighted by Gasteiger charge is -2.16. The Bertz CT molecular complexity index is 139. The number of ether oxygens (including phenoxy) is 1. The molecule has 0 aliphatic heterocycles. The number of nitrogens with two attached hydrogens (primary N) is 1. The first kappa shape index (κ1) is 11.4. The minimum Gasteiger partial charge on any atom is -0.394 e. The first-order valence-corrected chi connectivity index (χ1v) is 3.77. The van der Waals surface area contributed by atoms with Gasteiger partial charge in [-0.3, -0.25) is 4.79 Å². The van der Waals surface area contributed by atoms with E-state index in [1.807, 2.05) is 0 Å². The van der Waals surface area contributed by atoms with Gasteiger partial charge in [-0.25, -0.2) is 0 Å². The normalized spacial score (nSPS) is 15.3. The zero-order valence-corrected chi connectivity index (χ0v) is 7.41. The standard InChI is InChI=1S/C7H16N2O3/c1-5(8)7(11)9-6(3-10)4-12-2/h5-6,10H,3-4,8H2,1-2H3,(H,9,11). The molecular formula is C7H16N2O3. The van der Waals surface area contributed by atoms with Crippen molar-refractivity contribution < 1.29 is 14.6 Å². The van der Waals surface area contributed by atoms with Gasteiger partial charge >= 0.3 is 0 Å². The number of methoxy groups -OCH3 is 1. The molecule has 0 spiro atoms. The second kappa shape index (κ2) is 5.93.